The van der Waals surface area contributed by atoms with E-state index in [4.69, 9.17) is 5.11 Å². The Balaban J connectivity index is 2.14. The molecule has 2 rings (SSSR count). The van der Waals surface area contributed by atoms with Crippen LogP contribution in [0.4, 0.5) is 5.69 Å². The second-order valence-corrected chi connectivity index (χ2v) is 5.06. The number of rotatable bonds is 7. The average molecular weight is 323 g/mol. The Morgan fingerprint density at radius 3 is 2.08 bits per heavy atom. The molecule has 1 N–H and O–H groups in total. The van der Waals surface area contributed by atoms with Gasteiger partial charge in [0.2, 0.25) is 11.7 Å². The van der Waals surface area contributed by atoms with Gasteiger partial charge < -0.3 is 10.0 Å². The summed E-state index contributed by atoms with van der Waals surface area (Å²) >= 11 is 0. The second-order valence-electron chi connectivity index (χ2n) is 5.06. The highest BCUT2D eigenvalue weighted by atomic mass is 16.4. The number of carboxylic acid groups (broad SMARTS) is 1. The number of para-hydroxylation sites is 1. The molecular weight excluding hydrogens is 306 g/mol. The fraction of sp³-hybridized carbons (Fsp3) is 0.105. The molecule has 0 atom stereocenters. The molecular formula is C19H17NO4. The Kier molecular flexibility index (Phi) is 6.02. The van der Waals surface area contributed by atoms with E-state index in [-0.39, 0.29) is 6.54 Å². The van der Waals surface area contributed by atoms with Crippen molar-refractivity contribution in [2.75, 3.05) is 11.4 Å². The van der Waals surface area contributed by atoms with Gasteiger partial charge in [-0.05, 0) is 17.7 Å². The Labute approximate surface area is 139 Å². The highest BCUT2D eigenvalue weighted by Gasteiger charge is 2.21. The van der Waals surface area contributed by atoms with E-state index in [1.54, 1.807) is 30.3 Å². The zero-order chi connectivity index (χ0) is 17.4. The number of amides is 1. The van der Waals surface area contributed by atoms with Crippen LogP contribution < -0.4 is 4.90 Å². The van der Waals surface area contributed by atoms with Crippen LogP contribution in [-0.2, 0) is 14.4 Å². The standard InChI is InChI=1S/C19H17NO4/c21-17(19(23)24)14-18(22)20(16-11-5-2-6-12-16)13-7-10-15-8-3-1-4-9-15/h1-12H,13-14H2,(H,23,24)/b10-7+. The Morgan fingerprint density at radius 2 is 1.50 bits per heavy atom. The number of ketones is 1. The maximum atomic E-state index is 12.3. The fourth-order valence-electron chi connectivity index (χ4n) is 2.13. The summed E-state index contributed by atoms with van der Waals surface area (Å²) in [7, 11) is 0. The molecule has 0 aromatic heterocycles. The van der Waals surface area contributed by atoms with Gasteiger partial charge in [0.25, 0.3) is 0 Å². The first-order valence-corrected chi connectivity index (χ1v) is 7.41. The van der Waals surface area contributed by atoms with E-state index in [9.17, 15) is 14.4 Å². The second kappa shape index (κ2) is 8.43. The number of benzene rings is 2. The molecule has 0 radical (unpaired) electrons. The van der Waals surface area contributed by atoms with Gasteiger partial charge in [-0.3, -0.25) is 9.59 Å². The summed E-state index contributed by atoms with van der Waals surface area (Å²) in [4.78, 5) is 35.7. The van der Waals surface area contributed by atoms with Crippen LogP contribution in [-0.4, -0.2) is 29.3 Å². The smallest absolute Gasteiger partial charge is 0.372 e. The number of aliphatic carboxylic acids is 1. The lowest BCUT2D eigenvalue weighted by Crippen LogP contribution is -2.34. The minimum atomic E-state index is -1.60. The molecule has 0 saturated carbocycles. The number of carbonyl (C=O) groups is 3. The number of hydrogen-bond acceptors (Lipinski definition) is 3. The summed E-state index contributed by atoms with van der Waals surface area (Å²) in [6.45, 7) is 0.241. The third-order valence-electron chi connectivity index (χ3n) is 3.32. The van der Waals surface area contributed by atoms with Crippen molar-refractivity contribution in [3.63, 3.8) is 0 Å². The molecule has 5 heteroatoms. The molecule has 24 heavy (non-hydrogen) atoms. The van der Waals surface area contributed by atoms with Gasteiger partial charge in [-0.2, -0.15) is 0 Å². The molecule has 1 amide bonds. The minimum absolute atomic E-state index is 0.241. The van der Waals surface area contributed by atoms with Gasteiger partial charge in [0.15, 0.2) is 0 Å². The molecule has 5 nitrogen and oxygen atoms in total. The summed E-state index contributed by atoms with van der Waals surface area (Å²) in [6, 6.07) is 18.4. The largest absolute Gasteiger partial charge is 0.475 e. The summed E-state index contributed by atoms with van der Waals surface area (Å²) in [5.74, 6) is -3.27. The first-order chi connectivity index (χ1) is 11.6. The van der Waals surface area contributed by atoms with Crippen molar-refractivity contribution < 1.29 is 19.5 Å². The average Bonchev–Trinajstić information content (AvgIpc) is 2.60. The number of hydrogen-bond donors (Lipinski definition) is 1. The third kappa shape index (κ3) is 4.91. The molecule has 2 aromatic rings. The van der Waals surface area contributed by atoms with Gasteiger partial charge in [-0.1, -0.05) is 60.7 Å². The summed E-state index contributed by atoms with van der Waals surface area (Å²) in [5, 5.41) is 8.67. The molecule has 0 saturated heterocycles. The maximum absolute atomic E-state index is 12.3. The molecule has 0 aliphatic carbocycles. The summed E-state index contributed by atoms with van der Waals surface area (Å²) < 4.78 is 0. The number of Topliss-reactive ketones (excluding diaryl/α,β-unsaturated/α-hetero) is 1. The van der Waals surface area contributed by atoms with Crippen molar-refractivity contribution >= 4 is 29.4 Å². The molecule has 0 spiro atoms. The van der Waals surface area contributed by atoms with Crippen LogP contribution in [0.3, 0.4) is 0 Å². The van der Waals surface area contributed by atoms with Gasteiger partial charge in [0.1, 0.15) is 0 Å². The Hall–Kier alpha value is -3.21. The van der Waals surface area contributed by atoms with E-state index in [0.29, 0.717) is 5.69 Å². The van der Waals surface area contributed by atoms with Gasteiger partial charge in [0, 0.05) is 12.2 Å². The highest BCUT2D eigenvalue weighted by Crippen LogP contribution is 2.15. The molecule has 122 valence electrons. The maximum Gasteiger partial charge on any atom is 0.372 e. The van der Waals surface area contributed by atoms with Crippen LogP contribution >= 0.6 is 0 Å². The SMILES string of the molecule is O=C(O)C(=O)CC(=O)N(C/C=C/c1ccccc1)c1ccccc1. The number of nitrogens with zero attached hydrogens (tertiary/aromatic N) is 1. The van der Waals surface area contributed by atoms with E-state index in [1.807, 2.05) is 42.5 Å². The summed E-state index contributed by atoms with van der Waals surface area (Å²) in [6.07, 6.45) is 3.00. The van der Waals surface area contributed by atoms with Crippen LogP contribution in [0.25, 0.3) is 6.08 Å². The quantitative estimate of drug-likeness (QED) is 0.628. The van der Waals surface area contributed by atoms with Gasteiger partial charge in [0.05, 0.1) is 6.42 Å². The van der Waals surface area contributed by atoms with Crippen molar-refractivity contribution in [1.82, 2.24) is 0 Å². The molecule has 0 aliphatic rings. The predicted octanol–water partition coefficient (Wildman–Crippen LogP) is 2.78. The first kappa shape index (κ1) is 17.1. The molecule has 2 aromatic carbocycles. The van der Waals surface area contributed by atoms with E-state index >= 15 is 0 Å². The number of carbonyl (C=O) groups excluding carboxylic acids is 2. The molecule has 0 unspecified atom stereocenters. The highest BCUT2D eigenvalue weighted by molar-refractivity contribution is 6.36. The molecule has 0 bridgehead atoms. The Morgan fingerprint density at radius 1 is 0.917 bits per heavy atom. The van der Waals surface area contributed by atoms with Crippen molar-refractivity contribution in [2.45, 2.75) is 6.42 Å². The molecule has 0 aliphatic heterocycles. The monoisotopic (exact) mass is 323 g/mol. The fourth-order valence-corrected chi connectivity index (χ4v) is 2.13. The van der Waals surface area contributed by atoms with E-state index in [1.165, 1.54) is 4.90 Å². The van der Waals surface area contributed by atoms with Crippen molar-refractivity contribution in [3.8, 4) is 0 Å². The number of anilines is 1. The van der Waals surface area contributed by atoms with Crippen LogP contribution in [0.15, 0.2) is 66.7 Å². The van der Waals surface area contributed by atoms with Crippen LogP contribution in [0.2, 0.25) is 0 Å². The summed E-state index contributed by atoms with van der Waals surface area (Å²) in [5.41, 5.74) is 1.60. The third-order valence-corrected chi connectivity index (χ3v) is 3.32. The lowest BCUT2D eigenvalue weighted by Gasteiger charge is -2.20. The van der Waals surface area contributed by atoms with Gasteiger partial charge in [-0.25, -0.2) is 4.79 Å². The zero-order valence-electron chi connectivity index (χ0n) is 13.0. The van der Waals surface area contributed by atoms with Crippen LogP contribution in [0.5, 0.6) is 0 Å². The van der Waals surface area contributed by atoms with Crippen LogP contribution in [0, 0.1) is 0 Å². The first-order valence-electron chi connectivity index (χ1n) is 7.41. The van der Waals surface area contributed by atoms with Gasteiger partial charge >= 0.3 is 5.97 Å². The zero-order valence-corrected chi connectivity index (χ0v) is 13.0. The van der Waals surface area contributed by atoms with E-state index in [0.717, 1.165) is 5.56 Å². The minimum Gasteiger partial charge on any atom is -0.475 e. The number of carboxylic acids is 1. The molecule has 0 heterocycles. The Bertz CT molecular complexity index is 738. The van der Waals surface area contributed by atoms with E-state index in [2.05, 4.69) is 0 Å². The van der Waals surface area contributed by atoms with Gasteiger partial charge in [-0.15, -0.1) is 0 Å². The molecule has 0 fully saturated rings. The normalized spacial score (nSPS) is 10.5. The lowest BCUT2D eigenvalue weighted by molar-refractivity contribution is -0.150. The lowest BCUT2D eigenvalue weighted by atomic mass is 10.2. The topological polar surface area (TPSA) is 74.7 Å². The van der Waals surface area contributed by atoms with Crippen molar-refractivity contribution in [1.29, 1.82) is 0 Å². The van der Waals surface area contributed by atoms with Crippen LogP contribution in [0.1, 0.15) is 12.0 Å². The predicted molar refractivity (Wildman–Crippen MR) is 91.5 cm³/mol. The van der Waals surface area contributed by atoms with E-state index < -0.39 is 24.1 Å². The van der Waals surface area contributed by atoms with Crippen molar-refractivity contribution in [2.24, 2.45) is 0 Å². The van der Waals surface area contributed by atoms with Crippen molar-refractivity contribution in [3.05, 3.63) is 72.3 Å².